The average Bonchev–Trinajstić information content (AvgIpc) is 2.99. The Morgan fingerprint density at radius 1 is 1.25 bits per heavy atom. The quantitative estimate of drug-likeness (QED) is 0.695. The molecule has 1 aromatic carbocycles. The van der Waals surface area contributed by atoms with Gasteiger partial charge in [-0.2, -0.15) is 0 Å². The van der Waals surface area contributed by atoms with Gasteiger partial charge in [0.2, 0.25) is 0 Å². The molecule has 3 heterocycles. The number of halogens is 1. The second-order valence-corrected chi connectivity index (χ2v) is 5.47. The molecule has 8 heteroatoms. The van der Waals surface area contributed by atoms with Crippen molar-refractivity contribution in [1.29, 1.82) is 0 Å². The maximum Gasteiger partial charge on any atom is 0.327 e. The van der Waals surface area contributed by atoms with Crippen molar-refractivity contribution in [2.75, 3.05) is 11.4 Å². The summed E-state index contributed by atoms with van der Waals surface area (Å²) in [7, 11) is 0. The molecule has 120 valence electrons. The van der Waals surface area contributed by atoms with Crippen LogP contribution in [0.5, 0.6) is 0 Å². The lowest BCUT2D eigenvalue weighted by Crippen LogP contribution is -2.29. The van der Waals surface area contributed by atoms with Gasteiger partial charge in [0.05, 0.1) is 16.6 Å². The smallest absolute Gasteiger partial charge is 0.308 e. The first-order valence-corrected chi connectivity index (χ1v) is 7.26. The fourth-order valence-electron chi connectivity index (χ4n) is 2.92. The zero-order valence-electron chi connectivity index (χ0n) is 12.3. The van der Waals surface area contributed by atoms with E-state index in [0.29, 0.717) is 24.2 Å². The number of hydrogen-bond acceptors (Lipinski definition) is 4. The van der Waals surface area contributed by atoms with Gasteiger partial charge in [0.25, 0.3) is 11.5 Å². The zero-order chi connectivity index (χ0) is 16.8. The largest absolute Gasteiger partial charge is 0.327 e. The number of aromatic nitrogens is 3. The number of hydrogen-bond donors (Lipinski definition) is 2. The maximum absolute atomic E-state index is 13.8. The highest BCUT2D eigenvalue weighted by atomic mass is 19.1. The third kappa shape index (κ3) is 2.11. The Morgan fingerprint density at radius 2 is 2.08 bits per heavy atom. The summed E-state index contributed by atoms with van der Waals surface area (Å²) in [6.45, 7) is 0.356. The van der Waals surface area contributed by atoms with E-state index in [1.165, 1.54) is 23.2 Å². The summed E-state index contributed by atoms with van der Waals surface area (Å²) < 4.78 is 13.8. The normalized spacial score (nSPS) is 13.3. The number of pyridine rings is 1. The molecule has 3 aromatic rings. The van der Waals surface area contributed by atoms with Crippen LogP contribution in [0.15, 0.2) is 40.1 Å². The predicted octanol–water partition coefficient (Wildman–Crippen LogP) is 0.953. The molecule has 0 atom stereocenters. The first kappa shape index (κ1) is 14.3. The number of nitrogens with zero attached hydrogens (tertiary/aromatic N) is 2. The Morgan fingerprint density at radius 3 is 2.92 bits per heavy atom. The summed E-state index contributed by atoms with van der Waals surface area (Å²) in [5, 5.41) is 0.110. The Kier molecular flexibility index (Phi) is 3.05. The summed E-state index contributed by atoms with van der Waals surface area (Å²) >= 11 is 0. The highest BCUT2D eigenvalue weighted by Gasteiger charge is 2.27. The SMILES string of the molecule is O=C(c1cnc2[nH]c(=O)[nH]c(=O)c2c1)N1CCc2c(F)cccc21. The average molecular weight is 326 g/mol. The molecule has 2 aromatic heterocycles. The molecule has 4 rings (SSSR count). The van der Waals surface area contributed by atoms with Gasteiger partial charge in [0, 0.05) is 18.3 Å². The minimum absolute atomic E-state index is 0.105. The van der Waals surface area contributed by atoms with Gasteiger partial charge >= 0.3 is 5.69 Å². The third-order valence-electron chi connectivity index (χ3n) is 4.05. The fourth-order valence-corrected chi connectivity index (χ4v) is 2.92. The standard InChI is InChI=1S/C16H11FN4O3/c17-11-2-1-3-12-9(11)4-5-21(12)15(23)8-6-10-13(18-7-8)19-16(24)20-14(10)22/h1-3,6-7H,4-5H2,(H2,18,19,20,22,24). The van der Waals surface area contributed by atoms with E-state index in [2.05, 4.69) is 15.0 Å². The first-order valence-electron chi connectivity index (χ1n) is 7.26. The minimum atomic E-state index is -0.664. The van der Waals surface area contributed by atoms with Crippen LogP contribution < -0.4 is 16.1 Å². The molecule has 24 heavy (non-hydrogen) atoms. The van der Waals surface area contributed by atoms with Crippen molar-refractivity contribution in [3.05, 3.63) is 68.2 Å². The topological polar surface area (TPSA) is 98.9 Å². The third-order valence-corrected chi connectivity index (χ3v) is 4.05. The molecule has 0 spiro atoms. The van der Waals surface area contributed by atoms with E-state index >= 15 is 0 Å². The number of carbonyl (C=O) groups is 1. The van der Waals surface area contributed by atoms with Gasteiger partial charge in [-0.3, -0.25) is 19.6 Å². The van der Waals surface area contributed by atoms with Crippen molar-refractivity contribution in [2.45, 2.75) is 6.42 Å². The number of aromatic amines is 2. The molecule has 0 aliphatic carbocycles. The second-order valence-electron chi connectivity index (χ2n) is 5.47. The number of H-pyrrole nitrogens is 2. The van der Waals surface area contributed by atoms with Crippen LogP contribution in [-0.4, -0.2) is 27.4 Å². The molecule has 0 saturated heterocycles. The number of amides is 1. The molecule has 2 N–H and O–H groups in total. The number of carbonyl (C=O) groups excluding carboxylic acids is 1. The Bertz CT molecular complexity index is 1100. The molecule has 1 aliphatic rings. The summed E-state index contributed by atoms with van der Waals surface area (Å²) in [5.41, 5.74) is 0.0364. The van der Waals surface area contributed by atoms with Gasteiger partial charge in [-0.15, -0.1) is 0 Å². The van der Waals surface area contributed by atoms with E-state index in [1.807, 2.05) is 0 Å². The van der Waals surface area contributed by atoms with Gasteiger partial charge in [-0.25, -0.2) is 14.2 Å². The monoisotopic (exact) mass is 326 g/mol. The number of fused-ring (bicyclic) bond motifs is 2. The van der Waals surface area contributed by atoms with Gasteiger partial charge < -0.3 is 4.90 Å². The van der Waals surface area contributed by atoms with Gasteiger partial charge in [-0.1, -0.05) is 6.07 Å². The second kappa shape index (κ2) is 5.12. The first-order chi connectivity index (χ1) is 11.5. The molecule has 1 aliphatic heterocycles. The number of rotatable bonds is 1. The Labute approximate surface area is 133 Å². The Hall–Kier alpha value is -3.29. The summed E-state index contributed by atoms with van der Waals surface area (Å²) in [5.74, 6) is -0.715. The van der Waals surface area contributed by atoms with Crippen molar-refractivity contribution < 1.29 is 9.18 Å². The molecular formula is C16H11FN4O3. The predicted molar refractivity (Wildman–Crippen MR) is 84.8 cm³/mol. The van der Waals surface area contributed by atoms with Crippen LogP contribution in [0.25, 0.3) is 11.0 Å². The Balaban J connectivity index is 1.79. The van der Waals surface area contributed by atoms with Crippen LogP contribution in [0.1, 0.15) is 15.9 Å². The van der Waals surface area contributed by atoms with Gasteiger partial charge in [0.1, 0.15) is 11.5 Å². The fraction of sp³-hybridized carbons (Fsp3) is 0.125. The van der Waals surface area contributed by atoms with Crippen LogP contribution in [0.3, 0.4) is 0 Å². The van der Waals surface area contributed by atoms with Crippen molar-refractivity contribution in [2.24, 2.45) is 0 Å². The van der Waals surface area contributed by atoms with E-state index in [-0.39, 0.29) is 28.3 Å². The van der Waals surface area contributed by atoms with Gasteiger partial charge in [-0.05, 0) is 24.6 Å². The van der Waals surface area contributed by atoms with E-state index in [9.17, 15) is 18.8 Å². The van der Waals surface area contributed by atoms with Crippen molar-refractivity contribution in [3.63, 3.8) is 0 Å². The number of nitrogens with one attached hydrogen (secondary N) is 2. The lowest BCUT2D eigenvalue weighted by molar-refractivity contribution is 0.0989. The lowest BCUT2D eigenvalue weighted by atomic mass is 10.1. The van der Waals surface area contributed by atoms with Crippen LogP contribution in [0.4, 0.5) is 10.1 Å². The van der Waals surface area contributed by atoms with E-state index in [1.54, 1.807) is 12.1 Å². The molecule has 0 radical (unpaired) electrons. The minimum Gasteiger partial charge on any atom is -0.308 e. The molecular weight excluding hydrogens is 315 g/mol. The molecule has 0 fully saturated rings. The molecule has 0 bridgehead atoms. The van der Waals surface area contributed by atoms with E-state index in [4.69, 9.17) is 0 Å². The van der Waals surface area contributed by atoms with E-state index in [0.717, 1.165) is 0 Å². The van der Waals surface area contributed by atoms with Crippen molar-refractivity contribution in [3.8, 4) is 0 Å². The van der Waals surface area contributed by atoms with Crippen LogP contribution in [-0.2, 0) is 6.42 Å². The summed E-state index contributed by atoms with van der Waals surface area (Å²) in [4.78, 5) is 45.7. The van der Waals surface area contributed by atoms with Crippen LogP contribution in [0.2, 0.25) is 0 Å². The maximum atomic E-state index is 13.8. The van der Waals surface area contributed by atoms with Crippen LogP contribution in [0, 0.1) is 5.82 Å². The number of benzene rings is 1. The van der Waals surface area contributed by atoms with Crippen molar-refractivity contribution in [1.82, 2.24) is 15.0 Å². The number of anilines is 1. The zero-order valence-corrected chi connectivity index (χ0v) is 12.3. The summed E-state index contributed by atoms with van der Waals surface area (Å²) in [6.07, 6.45) is 1.72. The molecule has 7 nitrogen and oxygen atoms in total. The van der Waals surface area contributed by atoms with Gasteiger partial charge in [0.15, 0.2) is 0 Å². The molecule has 1 amide bonds. The highest BCUT2D eigenvalue weighted by Crippen LogP contribution is 2.31. The highest BCUT2D eigenvalue weighted by molar-refractivity contribution is 6.08. The van der Waals surface area contributed by atoms with Crippen LogP contribution >= 0.6 is 0 Å². The molecule has 0 unspecified atom stereocenters. The van der Waals surface area contributed by atoms with E-state index < -0.39 is 11.2 Å². The lowest BCUT2D eigenvalue weighted by Gasteiger charge is -2.17. The molecule has 0 saturated carbocycles. The summed E-state index contributed by atoms with van der Waals surface area (Å²) in [6, 6.07) is 5.97. The van der Waals surface area contributed by atoms with Crippen molar-refractivity contribution >= 4 is 22.6 Å².